The molecule has 0 fully saturated rings. The van der Waals surface area contributed by atoms with Gasteiger partial charge in [-0.1, -0.05) is 0 Å². The topological polar surface area (TPSA) is 47.3 Å². The second-order valence-corrected chi connectivity index (χ2v) is 2.74. The molecular weight excluding hydrogens is 172 g/mol. The van der Waals surface area contributed by atoms with E-state index in [0.29, 0.717) is 6.61 Å². The van der Waals surface area contributed by atoms with Crippen molar-refractivity contribution in [3.63, 3.8) is 0 Å². The van der Waals surface area contributed by atoms with E-state index in [1.807, 2.05) is 25.1 Å². The third kappa shape index (κ3) is 2.06. The first-order valence-electron chi connectivity index (χ1n) is 3.70. The second-order valence-electron chi connectivity index (χ2n) is 2.26. The summed E-state index contributed by atoms with van der Waals surface area (Å²) < 4.78 is 5.27. The van der Waals surface area contributed by atoms with E-state index in [2.05, 4.69) is 18.1 Å². The third-order valence-electron chi connectivity index (χ3n) is 1.43. The lowest BCUT2D eigenvalue weighted by molar-refractivity contribution is 0.340. The molecule has 0 unspecified atom stereocenters. The Kier molecular flexibility index (Phi) is 3.25. The van der Waals surface area contributed by atoms with Crippen LogP contribution in [0.4, 0.5) is 5.69 Å². The van der Waals surface area contributed by atoms with E-state index in [1.54, 1.807) is 0 Å². The number of nitrogens with one attached hydrogen (secondary N) is 1. The predicted molar refractivity (Wildman–Crippen MR) is 52.7 cm³/mol. The SMILES string of the molecule is CCOc1ccc(S)c(NN)c1. The van der Waals surface area contributed by atoms with Gasteiger partial charge in [0.25, 0.3) is 0 Å². The van der Waals surface area contributed by atoms with Crippen molar-refractivity contribution in [2.45, 2.75) is 11.8 Å². The number of anilines is 1. The van der Waals surface area contributed by atoms with Crippen LogP contribution in [0.25, 0.3) is 0 Å². The first-order chi connectivity index (χ1) is 5.77. The lowest BCUT2D eigenvalue weighted by Crippen LogP contribution is -2.07. The molecule has 0 aliphatic rings. The summed E-state index contributed by atoms with van der Waals surface area (Å²) >= 11 is 4.20. The molecule has 0 radical (unpaired) electrons. The maximum absolute atomic E-state index is 5.27. The van der Waals surface area contributed by atoms with E-state index in [-0.39, 0.29) is 0 Å². The van der Waals surface area contributed by atoms with Gasteiger partial charge in [0.05, 0.1) is 12.3 Å². The average molecular weight is 184 g/mol. The predicted octanol–water partition coefficient (Wildman–Crippen LogP) is 1.66. The zero-order valence-electron chi connectivity index (χ0n) is 6.87. The van der Waals surface area contributed by atoms with Crippen LogP contribution in [-0.4, -0.2) is 6.61 Å². The summed E-state index contributed by atoms with van der Waals surface area (Å²) in [6.45, 7) is 2.58. The summed E-state index contributed by atoms with van der Waals surface area (Å²) in [4.78, 5) is 0.806. The van der Waals surface area contributed by atoms with Crippen LogP contribution >= 0.6 is 12.6 Å². The van der Waals surface area contributed by atoms with E-state index < -0.39 is 0 Å². The van der Waals surface area contributed by atoms with Crippen molar-refractivity contribution in [3.8, 4) is 5.75 Å². The van der Waals surface area contributed by atoms with Gasteiger partial charge >= 0.3 is 0 Å². The Bertz CT molecular complexity index is 265. The minimum absolute atomic E-state index is 0.649. The molecule has 0 aliphatic carbocycles. The van der Waals surface area contributed by atoms with Crippen molar-refractivity contribution in [2.75, 3.05) is 12.0 Å². The monoisotopic (exact) mass is 184 g/mol. The van der Waals surface area contributed by atoms with Crippen LogP contribution in [0.1, 0.15) is 6.92 Å². The highest BCUT2D eigenvalue weighted by Gasteiger charge is 1.98. The molecule has 0 aliphatic heterocycles. The van der Waals surface area contributed by atoms with Crippen molar-refractivity contribution in [2.24, 2.45) is 5.84 Å². The van der Waals surface area contributed by atoms with Crippen molar-refractivity contribution in [1.82, 2.24) is 0 Å². The number of rotatable bonds is 3. The fourth-order valence-electron chi connectivity index (χ4n) is 0.887. The van der Waals surface area contributed by atoms with Gasteiger partial charge in [0, 0.05) is 11.0 Å². The molecule has 66 valence electrons. The maximum Gasteiger partial charge on any atom is 0.121 e. The van der Waals surface area contributed by atoms with Gasteiger partial charge in [0.2, 0.25) is 0 Å². The molecule has 0 amide bonds. The Balaban J connectivity index is 2.89. The molecule has 0 atom stereocenters. The van der Waals surface area contributed by atoms with Crippen LogP contribution in [0.15, 0.2) is 23.1 Å². The second kappa shape index (κ2) is 4.23. The van der Waals surface area contributed by atoms with Crippen molar-refractivity contribution >= 4 is 18.3 Å². The minimum atomic E-state index is 0.649. The molecule has 0 heterocycles. The highest BCUT2D eigenvalue weighted by Crippen LogP contribution is 2.24. The lowest BCUT2D eigenvalue weighted by atomic mass is 10.3. The number of ether oxygens (including phenoxy) is 1. The Morgan fingerprint density at radius 1 is 1.58 bits per heavy atom. The van der Waals surface area contributed by atoms with E-state index >= 15 is 0 Å². The summed E-state index contributed by atoms with van der Waals surface area (Å²) in [5, 5.41) is 0. The van der Waals surface area contributed by atoms with Crippen LogP contribution in [0.3, 0.4) is 0 Å². The quantitative estimate of drug-likeness (QED) is 0.380. The van der Waals surface area contributed by atoms with Gasteiger partial charge in [0.1, 0.15) is 5.75 Å². The minimum Gasteiger partial charge on any atom is -0.494 e. The van der Waals surface area contributed by atoms with Crippen molar-refractivity contribution < 1.29 is 4.74 Å². The fourth-order valence-corrected chi connectivity index (χ4v) is 1.09. The van der Waals surface area contributed by atoms with E-state index in [4.69, 9.17) is 10.6 Å². The Morgan fingerprint density at radius 3 is 2.92 bits per heavy atom. The molecule has 1 aromatic rings. The Labute approximate surface area is 77.3 Å². The molecule has 0 saturated carbocycles. The van der Waals surface area contributed by atoms with Gasteiger partial charge in [-0.25, -0.2) is 0 Å². The lowest BCUT2D eigenvalue weighted by Gasteiger charge is -2.07. The van der Waals surface area contributed by atoms with E-state index in [9.17, 15) is 0 Å². The van der Waals surface area contributed by atoms with Crippen molar-refractivity contribution in [3.05, 3.63) is 18.2 Å². The number of benzene rings is 1. The van der Waals surface area contributed by atoms with Crippen molar-refractivity contribution in [1.29, 1.82) is 0 Å². The first-order valence-corrected chi connectivity index (χ1v) is 4.15. The Morgan fingerprint density at radius 2 is 2.33 bits per heavy atom. The van der Waals surface area contributed by atoms with E-state index in [0.717, 1.165) is 16.3 Å². The van der Waals surface area contributed by atoms with Gasteiger partial charge in [-0.2, -0.15) is 0 Å². The zero-order valence-corrected chi connectivity index (χ0v) is 7.77. The summed E-state index contributed by atoms with van der Waals surface area (Å²) in [6.07, 6.45) is 0. The van der Waals surface area contributed by atoms with E-state index in [1.165, 1.54) is 0 Å². The molecule has 1 aromatic carbocycles. The zero-order chi connectivity index (χ0) is 8.97. The molecule has 0 bridgehead atoms. The third-order valence-corrected chi connectivity index (χ3v) is 1.82. The largest absolute Gasteiger partial charge is 0.494 e. The highest BCUT2D eigenvalue weighted by molar-refractivity contribution is 7.80. The van der Waals surface area contributed by atoms with Crippen LogP contribution in [0.2, 0.25) is 0 Å². The molecule has 0 spiro atoms. The van der Waals surface area contributed by atoms with Crippen LogP contribution in [-0.2, 0) is 0 Å². The molecule has 1 rings (SSSR count). The summed E-state index contributed by atoms with van der Waals surface area (Å²) in [7, 11) is 0. The van der Waals surface area contributed by atoms with Crippen LogP contribution < -0.4 is 16.0 Å². The summed E-state index contributed by atoms with van der Waals surface area (Å²) in [6, 6.07) is 5.50. The van der Waals surface area contributed by atoms with Gasteiger partial charge in [-0.3, -0.25) is 5.84 Å². The smallest absolute Gasteiger partial charge is 0.121 e. The molecule has 3 N–H and O–H groups in total. The number of thiol groups is 1. The maximum atomic E-state index is 5.27. The molecule has 4 heteroatoms. The van der Waals surface area contributed by atoms with Gasteiger partial charge in [-0.05, 0) is 19.1 Å². The number of hydrogen-bond acceptors (Lipinski definition) is 4. The van der Waals surface area contributed by atoms with Crippen LogP contribution in [0, 0.1) is 0 Å². The number of hydrogen-bond donors (Lipinski definition) is 3. The normalized spacial score (nSPS) is 9.58. The molecular formula is C8H12N2OS. The Hall–Kier alpha value is -0.870. The number of nitrogen functional groups attached to an aromatic ring is 1. The van der Waals surface area contributed by atoms with Gasteiger partial charge in [-0.15, -0.1) is 12.6 Å². The molecule has 3 nitrogen and oxygen atoms in total. The standard InChI is InChI=1S/C8H12N2OS/c1-2-11-6-3-4-8(12)7(5-6)10-9/h3-5,10,12H,2,9H2,1H3. The summed E-state index contributed by atoms with van der Waals surface area (Å²) in [5.74, 6) is 6.06. The molecule has 12 heavy (non-hydrogen) atoms. The highest BCUT2D eigenvalue weighted by atomic mass is 32.1. The fraction of sp³-hybridized carbons (Fsp3) is 0.250. The van der Waals surface area contributed by atoms with Gasteiger partial charge in [0.15, 0.2) is 0 Å². The molecule has 0 aromatic heterocycles. The first kappa shape index (κ1) is 9.22. The van der Waals surface area contributed by atoms with Gasteiger partial charge < -0.3 is 10.2 Å². The van der Waals surface area contributed by atoms with Crippen LogP contribution in [0.5, 0.6) is 5.75 Å². The average Bonchev–Trinajstić information content (AvgIpc) is 2.09. The summed E-state index contributed by atoms with van der Waals surface area (Å²) in [5.41, 5.74) is 3.31. The molecule has 0 saturated heterocycles. The number of nitrogens with two attached hydrogens (primary N) is 1. The number of hydrazine groups is 1.